The standard InChI is InChI=1S/C24H21NO4/c1-14-11-20(23(26)27)15(2)22(12-14)25-24(28)29-13-21-18-9-5-3-7-16(18)17-8-4-6-10-19(17)21/h3-12,21H,13H2,1-2H3,(H,25,28)(H,26,27). The average Bonchev–Trinajstić information content (AvgIpc) is 3.02. The number of hydrogen-bond acceptors (Lipinski definition) is 3. The van der Waals surface area contributed by atoms with Gasteiger partial charge in [0.1, 0.15) is 6.61 Å². The van der Waals surface area contributed by atoms with E-state index in [0.717, 1.165) is 27.8 Å². The molecule has 1 aliphatic carbocycles. The number of aromatic carboxylic acids is 1. The van der Waals surface area contributed by atoms with Gasteiger partial charge in [0.25, 0.3) is 0 Å². The van der Waals surface area contributed by atoms with Crippen LogP contribution in [-0.2, 0) is 4.74 Å². The van der Waals surface area contributed by atoms with Gasteiger partial charge in [-0.1, -0.05) is 48.5 Å². The minimum atomic E-state index is -1.03. The highest BCUT2D eigenvalue weighted by molar-refractivity contribution is 5.94. The number of anilines is 1. The van der Waals surface area contributed by atoms with Crippen molar-refractivity contribution < 1.29 is 19.4 Å². The van der Waals surface area contributed by atoms with Gasteiger partial charge in [-0.15, -0.1) is 0 Å². The van der Waals surface area contributed by atoms with Gasteiger partial charge in [0.15, 0.2) is 0 Å². The Kier molecular flexibility index (Phi) is 4.80. The number of carboxylic acids is 1. The molecular weight excluding hydrogens is 366 g/mol. The molecule has 0 saturated carbocycles. The van der Waals surface area contributed by atoms with Gasteiger partial charge in [-0.3, -0.25) is 5.32 Å². The van der Waals surface area contributed by atoms with E-state index in [-0.39, 0.29) is 18.1 Å². The Morgan fingerprint density at radius 2 is 1.55 bits per heavy atom. The molecule has 3 aromatic carbocycles. The van der Waals surface area contributed by atoms with Crippen molar-refractivity contribution in [3.63, 3.8) is 0 Å². The van der Waals surface area contributed by atoms with E-state index >= 15 is 0 Å². The van der Waals surface area contributed by atoms with E-state index in [4.69, 9.17) is 4.74 Å². The highest BCUT2D eigenvalue weighted by Crippen LogP contribution is 2.44. The second-order valence-corrected chi connectivity index (χ2v) is 7.24. The fourth-order valence-electron chi connectivity index (χ4n) is 3.96. The van der Waals surface area contributed by atoms with Crippen LogP contribution < -0.4 is 5.32 Å². The molecular formula is C24H21NO4. The largest absolute Gasteiger partial charge is 0.478 e. The van der Waals surface area contributed by atoms with Crippen molar-refractivity contribution in [3.05, 3.63) is 88.5 Å². The van der Waals surface area contributed by atoms with Gasteiger partial charge in [0.2, 0.25) is 0 Å². The van der Waals surface area contributed by atoms with E-state index in [9.17, 15) is 14.7 Å². The van der Waals surface area contributed by atoms with Gasteiger partial charge in [0, 0.05) is 11.6 Å². The van der Waals surface area contributed by atoms with Crippen LogP contribution in [0, 0.1) is 13.8 Å². The number of fused-ring (bicyclic) bond motifs is 3. The van der Waals surface area contributed by atoms with Gasteiger partial charge in [-0.05, 0) is 59.4 Å². The summed E-state index contributed by atoms with van der Waals surface area (Å²) in [6.07, 6.45) is -0.600. The fourth-order valence-corrected chi connectivity index (χ4v) is 3.96. The van der Waals surface area contributed by atoms with Crippen LogP contribution >= 0.6 is 0 Å². The first-order chi connectivity index (χ1) is 14.0. The molecule has 0 spiro atoms. The summed E-state index contributed by atoms with van der Waals surface area (Å²) in [5.74, 6) is -1.05. The summed E-state index contributed by atoms with van der Waals surface area (Å²) < 4.78 is 5.54. The summed E-state index contributed by atoms with van der Waals surface area (Å²) in [5, 5.41) is 12.0. The third kappa shape index (κ3) is 3.47. The lowest BCUT2D eigenvalue weighted by molar-refractivity contribution is 0.0696. The van der Waals surface area contributed by atoms with Gasteiger partial charge in [-0.2, -0.15) is 0 Å². The van der Waals surface area contributed by atoms with Crippen molar-refractivity contribution >= 4 is 17.7 Å². The molecule has 0 heterocycles. The van der Waals surface area contributed by atoms with Gasteiger partial charge in [-0.25, -0.2) is 9.59 Å². The first kappa shape index (κ1) is 18.7. The second kappa shape index (κ2) is 7.43. The predicted octanol–water partition coefficient (Wildman–Crippen LogP) is 5.36. The summed E-state index contributed by atoms with van der Waals surface area (Å²) in [4.78, 5) is 23.9. The first-order valence-corrected chi connectivity index (χ1v) is 9.42. The number of nitrogens with one attached hydrogen (secondary N) is 1. The molecule has 0 unspecified atom stereocenters. The van der Waals surface area contributed by atoms with E-state index in [1.807, 2.05) is 24.3 Å². The minimum absolute atomic E-state index is 0.0265. The summed E-state index contributed by atoms with van der Waals surface area (Å²) in [6.45, 7) is 3.66. The number of carboxylic acid groups (broad SMARTS) is 1. The van der Waals surface area contributed by atoms with Crippen LogP contribution in [0.3, 0.4) is 0 Å². The number of carbonyl (C=O) groups excluding carboxylic acids is 1. The number of carbonyl (C=O) groups is 2. The van der Waals surface area contributed by atoms with Gasteiger partial charge in [0.05, 0.1) is 5.56 Å². The Balaban J connectivity index is 1.52. The van der Waals surface area contributed by atoms with Crippen LogP contribution in [0.25, 0.3) is 11.1 Å². The highest BCUT2D eigenvalue weighted by atomic mass is 16.5. The number of aryl methyl sites for hydroxylation is 1. The minimum Gasteiger partial charge on any atom is -0.478 e. The van der Waals surface area contributed by atoms with Crippen molar-refractivity contribution in [3.8, 4) is 11.1 Å². The zero-order chi connectivity index (χ0) is 20.5. The average molecular weight is 387 g/mol. The molecule has 0 fully saturated rings. The van der Waals surface area contributed by atoms with Crippen molar-refractivity contribution in [2.24, 2.45) is 0 Å². The van der Waals surface area contributed by atoms with Crippen LogP contribution in [-0.4, -0.2) is 23.8 Å². The van der Waals surface area contributed by atoms with Gasteiger partial charge < -0.3 is 9.84 Å². The molecule has 146 valence electrons. The van der Waals surface area contributed by atoms with Crippen LogP contribution in [0.1, 0.15) is 38.5 Å². The number of rotatable bonds is 4. The summed E-state index contributed by atoms with van der Waals surface area (Å²) >= 11 is 0. The van der Waals surface area contributed by atoms with E-state index in [2.05, 4.69) is 29.6 Å². The lowest BCUT2D eigenvalue weighted by atomic mass is 9.98. The molecule has 0 aliphatic heterocycles. The topological polar surface area (TPSA) is 75.6 Å². The summed E-state index contributed by atoms with van der Waals surface area (Å²) in [5.41, 5.74) is 6.47. The fraction of sp³-hybridized carbons (Fsp3) is 0.167. The highest BCUT2D eigenvalue weighted by Gasteiger charge is 2.29. The molecule has 3 aromatic rings. The summed E-state index contributed by atoms with van der Waals surface area (Å²) in [7, 11) is 0. The summed E-state index contributed by atoms with van der Waals surface area (Å²) in [6, 6.07) is 19.6. The first-order valence-electron chi connectivity index (χ1n) is 9.42. The van der Waals surface area contributed by atoms with Crippen LogP contribution in [0.2, 0.25) is 0 Å². The lowest BCUT2D eigenvalue weighted by Crippen LogP contribution is -2.19. The van der Waals surface area contributed by atoms with E-state index in [1.54, 1.807) is 26.0 Å². The van der Waals surface area contributed by atoms with E-state index < -0.39 is 12.1 Å². The maximum absolute atomic E-state index is 12.5. The maximum atomic E-state index is 12.5. The lowest BCUT2D eigenvalue weighted by Gasteiger charge is -2.16. The second-order valence-electron chi connectivity index (χ2n) is 7.24. The number of hydrogen-bond donors (Lipinski definition) is 2. The maximum Gasteiger partial charge on any atom is 0.411 e. The molecule has 1 amide bonds. The molecule has 0 atom stereocenters. The molecule has 5 nitrogen and oxygen atoms in total. The zero-order valence-electron chi connectivity index (χ0n) is 16.2. The number of benzene rings is 3. The molecule has 0 radical (unpaired) electrons. The van der Waals surface area contributed by atoms with Crippen LogP contribution in [0.4, 0.5) is 10.5 Å². The zero-order valence-corrected chi connectivity index (χ0v) is 16.2. The van der Waals surface area contributed by atoms with Crippen molar-refractivity contribution in [1.82, 2.24) is 0 Å². The van der Waals surface area contributed by atoms with E-state index in [0.29, 0.717) is 11.3 Å². The number of ether oxygens (including phenoxy) is 1. The molecule has 1 aliphatic rings. The molecule has 29 heavy (non-hydrogen) atoms. The van der Waals surface area contributed by atoms with Crippen molar-refractivity contribution in [2.75, 3.05) is 11.9 Å². The molecule has 2 N–H and O–H groups in total. The normalized spacial score (nSPS) is 12.2. The molecule has 0 aromatic heterocycles. The Hall–Kier alpha value is -3.60. The van der Waals surface area contributed by atoms with Crippen molar-refractivity contribution in [2.45, 2.75) is 19.8 Å². The Morgan fingerprint density at radius 1 is 0.966 bits per heavy atom. The number of amides is 1. The Morgan fingerprint density at radius 3 is 2.14 bits per heavy atom. The molecule has 0 saturated heterocycles. The van der Waals surface area contributed by atoms with Gasteiger partial charge >= 0.3 is 12.1 Å². The monoisotopic (exact) mass is 387 g/mol. The third-order valence-corrected chi connectivity index (χ3v) is 5.36. The third-order valence-electron chi connectivity index (χ3n) is 5.36. The van der Waals surface area contributed by atoms with Crippen molar-refractivity contribution in [1.29, 1.82) is 0 Å². The predicted molar refractivity (Wildman–Crippen MR) is 112 cm³/mol. The quantitative estimate of drug-likeness (QED) is 0.632. The molecule has 0 bridgehead atoms. The smallest absolute Gasteiger partial charge is 0.411 e. The SMILES string of the molecule is Cc1cc(NC(=O)OCC2c3ccccc3-c3ccccc32)c(C)c(C(=O)O)c1. The van der Waals surface area contributed by atoms with Crippen LogP contribution in [0.15, 0.2) is 60.7 Å². The molecule has 5 heteroatoms. The van der Waals surface area contributed by atoms with E-state index in [1.165, 1.54) is 0 Å². The Bertz CT molecular complexity index is 1070. The molecule has 4 rings (SSSR count). The Labute approximate surface area is 169 Å². The van der Waals surface area contributed by atoms with Crippen LogP contribution in [0.5, 0.6) is 0 Å².